The number of aliphatic imine (C=N–C) groups is 1. The van der Waals surface area contributed by atoms with E-state index in [-0.39, 0.29) is 18.4 Å². The van der Waals surface area contributed by atoms with Gasteiger partial charge in [-0.15, -0.1) is 0 Å². The Morgan fingerprint density at radius 3 is 2.32 bits per heavy atom. The summed E-state index contributed by atoms with van der Waals surface area (Å²) in [5.74, 6) is 0.843. The molecule has 6 rings (SSSR count). The molecule has 1 atom stereocenters. The Hall–Kier alpha value is -3.29. The van der Waals surface area contributed by atoms with Crippen LogP contribution in [0.4, 0.5) is 0 Å². The van der Waals surface area contributed by atoms with Gasteiger partial charge in [0.15, 0.2) is 5.54 Å². The lowest BCUT2D eigenvalue weighted by Gasteiger charge is -2.44. The van der Waals surface area contributed by atoms with Crippen molar-refractivity contribution in [3.63, 3.8) is 0 Å². The molecule has 2 saturated heterocycles. The lowest BCUT2D eigenvalue weighted by Crippen LogP contribution is -2.57. The van der Waals surface area contributed by atoms with E-state index in [1.54, 1.807) is 4.90 Å². The first-order valence-corrected chi connectivity index (χ1v) is 13.4. The van der Waals surface area contributed by atoms with Gasteiger partial charge >= 0.3 is 0 Å². The molecule has 3 aliphatic rings. The van der Waals surface area contributed by atoms with Crippen LogP contribution in [-0.4, -0.2) is 88.4 Å². The first-order chi connectivity index (χ1) is 18.0. The number of β-amino-alcohol motifs (C(OH)–C–C–N with tert-alkyl or cyclic N) is 1. The maximum Gasteiger partial charge on any atom is 0.257 e. The van der Waals surface area contributed by atoms with Crippen LogP contribution in [0.1, 0.15) is 43.0 Å². The standard InChI is InChI=1S/C30H34N4O3/c1-21-31-30(29(37)34(21)17-18-35)13-6-14-33(20-30)24-11-15-32(16-12-24)28(36)27-25-9-4-2-7-22(25)19-23-8-3-5-10-26(23)27/h2-5,7-10,19,24,35H,6,11-18,20H2,1H3. The van der Waals surface area contributed by atoms with Crippen LogP contribution in [0.5, 0.6) is 0 Å². The highest BCUT2D eigenvalue weighted by molar-refractivity contribution is 6.18. The summed E-state index contributed by atoms with van der Waals surface area (Å²) in [4.78, 5) is 38.1. The van der Waals surface area contributed by atoms with E-state index in [1.807, 2.05) is 36.1 Å². The summed E-state index contributed by atoms with van der Waals surface area (Å²) in [6.07, 6.45) is 3.47. The molecule has 1 spiro atoms. The zero-order valence-electron chi connectivity index (χ0n) is 21.4. The van der Waals surface area contributed by atoms with E-state index >= 15 is 0 Å². The number of benzene rings is 3. The van der Waals surface area contributed by atoms with Crippen LogP contribution in [0, 0.1) is 0 Å². The van der Waals surface area contributed by atoms with E-state index in [4.69, 9.17) is 4.99 Å². The third-order valence-electron chi connectivity index (χ3n) is 8.49. The van der Waals surface area contributed by atoms with Gasteiger partial charge in [0.1, 0.15) is 5.84 Å². The number of fused-ring (bicyclic) bond motifs is 2. The Morgan fingerprint density at radius 1 is 1.03 bits per heavy atom. The van der Waals surface area contributed by atoms with Crippen molar-refractivity contribution in [2.24, 2.45) is 4.99 Å². The van der Waals surface area contributed by atoms with Gasteiger partial charge in [-0.2, -0.15) is 0 Å². The molecule has 0 saturated carbocycles. The number of piperidine rings is 2. The molecule has 7 heteroatoms. The summed E-state index contributed by atoms with van der Waals surface area (Å²) in [5.41, 5.74) is 0.0844. The number of carbonyl (C=O) groups excluding carboxylic acids is 2. The van der Waals surface area contributed by atoms with Crippen molar-refractivity contribution in [2.45, 2.75) is 44.2 Å². The average Bonchev–Trinajstić information content (AvgIpc) is 3.15. The molecule has 3 heterocycles. The van der Waals surface area contributed by atoms with E-state index in [0.29, 0.717) is 38.1 Å². The monoisotopic (exact) mass is 498 g/mol. The zero-order chi connectivity index (χ0) is 25.6. The molecule has 7 nitrogen and oxygen atoms in total. The Bertz CT molecular complexity index is 1340. The predicted molar refractivity (Wildman–Crippen MR) is 146 cm³/mol. The number of hydrogen-bond donors (Lipinski definition) is 1. The molecule has 2 amide bonds. The van der Waals surface area contributed by atoms with Gasteiger partial charge in [0.05, 0.1) is 18.7 Å². The highest BCUT2D eigenvalue weighted by Crippen LogP contribution is 2.35. The Kier molecular flexibility index (Phi) is 6.21. The van der Waals surface area contributed by atoms with Gasteiger partial charge in [-0.25, -0.2) is 0 Å². The maximum atomic E-state index is 13.9. The second kappa shape index (κ2) is 9.54. The summed E-state index contributed by atoms with van der Waals surface area (Å²) in [7, 11) is 0. The molecular weight excluding hydrogens is 464 g/mol. The van der Waals surface area contributed by atoms with Gasteiger partial charge in [0, 0.05) is 25.7 Å². The number of amides is 2. The van der Waals surface area contributed by atoms with E-state index in [2.05, 4.69) is 35.2 Å². The fourth-order valence-electron chi connectivity index (χ4n) is 6.66. The summed E-state index contributed by atoms with van der Waals surface area (Å²) in [5, 5.41) is 13.6. The van der Waals surface area contributed by atoms with E-state index < -0.39 is 5.54 Å². The summed E-state index contributed by atoms with van der Waals surface area (Å²) in [6, 6.07) is 18.8. The first-order valence-electron chi connectivity index (χ1n) is 13.4. The predicted octanol–water partition coefficient (Wildman–Crippen LogP) is 3.69. The molecule has 3 aromatic rings. The summed E-state index contributed by atoms with van der Waals surface area (Å²) < 4.78 is 0. The quantitative estimate of drug-likeness (QED) is 0.557. The third-order valence-corrected chi connectivity index (χ3v) is 8.49. The van der Waals surface area contributed by atoms with Crippen LogP contribution in [0.15, 0.2) is 59.6 Å². The number of nitrogens with zero attached hydrogens (tertiary/aromatic N) is 4. The van der Waals surface area contributed by atoms with Gasteiger partial charge in [-0.05, 0) is 66.8 Å². The largest absolute Gasteiger partial charge is 0.395 e. The van der Waals surface area contributed by atoms with Crippen LogP contribution < -0.4 is 0 Å². The Morgan fingerprint density at radius 2 is 1.68 bits per heavy atom. The molecule has 1 N–H and O–H groups in total. The van der Waals surface area contributed by atoms with Gasteiger partial charge in [-0.1, -0.05) is 48.5 Å². The number of aliphatic hydroxyl groups excluding tert-OH is 1. The topological polar surface area (TPSA) is 76.5 Å². The lowest BCUT2D eigenvalue weighted by atomic mass is 9.87. The number of hydrogen-bond acceptors (Lipinski definition) is 5. The first kappa shape index (κ1) is 24.1. The molecule has 0 bridgehead atoms. The SMILES string of the molecule is CC1=NC2(CCCN(C3CCN(C(=O)c4c5ccccc5cc5ccccc45)CC3)C2)C(=O)N1CCO. The number of rotatable bonds is 4. The van der Waals surface area contributed by atoms with Crippen molar-refractivity contribution in [2.75, 3.05) is 39.3 Å². The molecule has 0 aromatic heterocycles. The van der Waals surface area contributed by atoms with E-state index in [9.17, 15) is 14.7 Å². The van der Waals surface area contributed by atoms with Crippen molar-refractivity contribution in [1.29, 1.82) is 0 Å². The summed E-state index contributed by atoms with van der Waals surface area (Å²) >= 11 is 0. The number of carbonyl (C=O) groups is 2. The van der Waals surface area contributed by atoms with Crippen LogP contribution in [0.2, 0.25) is 0 Å². The number of likely N-dealkylation sites (tertiary alicyclic amines) is 2. The number of aliphatic hydroxyl groups is 1. The van der Waals surface area contributed by atoms with Crippen LogP contribution >= 0.6 is 0 Å². The Balaban J connectivity index is 1.19. The number of amidine groups is 1. The van der Waals surface area contributed by atoms with Crippen LogP contribution in [0.3, 0.4) is 0 Å². The summed E-state index contributed by atoms with van der Waals surface area (Å²) in [6.45, 7) is 5.10. The minimum Gasteiger partial charge on any atom is -0.395 e. The lowest BCUT2D eigenvalue weighted by molar-refractivity contribution is -0.134. The molecule has 1 unspecified atom stereocenters. The van der Waals surface area contributed by atoms with Crippen molar-refractivity contribution in [3.8, 4) is 0 Å². The molecule has 0 aliphatic carbocycles. The van der Waals surface area contributed by atoms with E-state index in [0.717, 1.165) is 59.3 Å². The average molecular weight is 499 g/mol. The van der Waals surface area contributed by atoms with Crippen molar-refractivity contribution in [1.82, 2.24) is 14.7 Å². The highest BCUT2D eigenvalue weighted by atomic mass is 16.3. The molecule has 37 heavy (non-hydrogen) atoms. The van der Waals surface area contributed by atoms with Crippen LogP contribution in [0.25, 0.3) is 21.5 Å². The van der Waals surface area contributed by atoms with Gasteiger partial charge < -0.3 is 10.0 Å². The van der Waals surface area contributed by atoms with Crippen molar-refractivity contribution in [3.05, 3.63) is 60.2 Å². The van der Waals surface area contributed by atoms with Crippen LogP contribution in [-0.2, 0) is 4.79 Å². The van der Waals surface area contributed by atoms with Gasteiger partial charge in [0.25, 0.3) is 11.8 Å². The zero-order valence-corrected chi connectivity index (χ0v) is 21.4. The fourth-order valence-corrected chi connectivity index (χ4v) is 6.66. The molecule has 192 valence electrons. The highest BCUT2D eigenvalue weighted by Gasteiger charge is 2.50. The fraction of sp³-hybridized carbons (Fsp3) is 0.433. The second-order valence-electron chi connectivity index (χ2n) is 10.7. The van der Waals surface area contributed by atoms with Crippen molar-refractivity contribution >= 4 is 39.2 Å². The molecular formula is C30H34N4O3. The smallest absolute Gasteiger partial charge is 0.257 e. The molecule has 0 radical (unpaired) electrons. The normalized spacial score (nSPS) is 23.4. The molecule has 2 fully saturated rings. The third kappa shape index (κ3) is 4.10. The second-order valence-corrected chi connectivity index (χ2v) is 10.7. The maximum absolute atomic E-state index is 13.9. The molecule has 3 aromatic carbocycles. The minimum absolute atomic E-state index is 0.0270. The molecule has 3 aliphatic heterocycles. The van der Waals surface area contributed by atoms with E-state index in [1.165, 1.54) is 0 Å². The van der Waals surface area contributed by atoms with Gasteiger partial charge in [0.2, 0.25) is 0 Å². The van der Waals surface area contributed by atoms with Crippen molar-refractivity contribution < 1.29 is 14.7 Å². The van der Waals surface area contributed by atoms with Gasteiger partial charge in [-0.3, -0.25) is 24.4 Å². The Labute approximate surface area is 217 Å². The minimum atomic E-state index is -0.716.